The number of ether oxygens (including phenoxy) is 1. The first-order chi connectivity index (χ1) is 9.47. The molecule has 1 unspecified atom stereocenters. The first kappa shape index (κ1) is 14.3. The number of rotatable bonds is 5. The Kier molecular flexibility index (Phi) is 4.23. The molecule has 0 spiro atoms. The number of anilines is 2. The fourth-order valence-corrected chi connectivity index (χ4v) is 2.02. The highest BCUT2D eigenvalue weighted by atomic mass is 16.5. The minimum atomic E-state index is 0.0419. The van der Waals surface area contributed by atoms with Gasteiger partial charge in [-0.3, -0.25) is 0 Å². The predicted octanol–water partition coefficient (Wildman–Crippen LogP) is 4.13. The molecule has 0 saturated heterocycles. The van der Waals surface area contributed by atoms with Gasteiger partial charge in [0.2, 0.25) is 0 Å². The van der Waals surface area contributed by atoms with Gasteiger partial charge in [0, 0.05) is 0 Å². The molecule has 0 radical (unpaired) electrons. The van der Waals surface area contributed by atoms with E-state index in [1.165, 1.54) is 0 Å². The smallest absolute Gasteiger partial charge is 0.144 e. The van der Waals surface area contributed by atoms with Gasteiger partial charge in [0.05, 0.1) is 23.5 Å². The molecular weight excluding hydrogens is 252 g/mol. The number of furan rings is 1. The molecule has 1 heterocycles. The monoisotopic (exact) mass is 274 g/mol. The highest BCUT2D eigenvalue weighted by Crippen LogP contribution is 2.32. The molecule has 0 aliphatic rings. The molecular formula is C16H22N2O2. The highest BCUT2D eigenvalue weighted by molar-refractivity contribution is 5.73. The lowest BCUT2D eigenvalue weighted by molar-refractivity contribution is 0.244. The Hall–Kier alpha value is -2.10. The Balaban J connectivity index is 2.17. The van der Waals surface area contributed by atoms with Crippen molar-refractivity contribution >= 4 is 11.4 Å². The normalized spacial score (nSPS) is 12.4. The van der Waals surface area contributed by atoms with Gasteiger partial charge in [0.25, 0.3) is 0 Å². The van der Waals surface area contributed by atoms with E-state index in [1.807, 2.05) is 58.0 Å². The van der Waals surface area contributed by atoms with Crippen LogP contribution in [0.5, 0.6) is 5.75 Å². The van der Waals surface area contributed by atoms with E-state index in [1.54, 1.807) is 0 Å². The zero-order chi connectivity index (χ0) is 14.7. The van der Waals surface area contributed by atoms with E-state index in [0.29, 0.717) is 11.4 Å². The Morgan fingerprint density at radius 2 is 1.90 bits per heavy atom. The lowest BCUT2D eigenvalue weighted by Crippen LogP contribution is -2.11. The molecule has 2 rings (SSSR count). The zero-order valence-corrected chi connectivity index (χ0v) is 12.4. The van der Waals surface area contributed by atoms with Crippen molar-refractivity contribution in [1.29, 1.82) is 0 Å². The van der Waals surface area contributed by atoms with Crippen molar-refractivity contribution in [2.45, 2.75) is 39.8 Å². The maximum atomic E-state index is 6.15. The van der Waals surface area contributed by atoms with Crippen LogP contribution in [0.25, 0.3) is 0 Å². The molecule has 1 aromatic heterocycles. The number of hydrogen-bond donors (Lipinski definition) is 2. The van der Waals surface area contributed by atoms with Crippen LogP contribution < -0.4 is 15.8 Å². The maximum absolute atomic E-state index is 6.15. The van der Waals surface area contributed by atoms with Gasteiger partial charge in [-0.05, 0) is 52.0 Å². The lowest BCUT2D eigenvalue weighted by atomic mass is 10.2. The number of nitrogens with two attached hydrogens (primary N) is 1. The molecule has 108 valence electrons. The number of hydrogen-bond acceptors (Lipinski definition) is 4. The summed E-state index contributed by atoms with van der Waals surface area (Å²) >= 11 is 0. The SMILES string of the molecule is Cc1ccc(C(C)Nc2cccc(OC(C)C)c2N)o1. The number of para-hydroxylation sites is 1. The third kappa shape index (κ3) is 3.26. The molecule has 1 aromatic carbocycles. The number of nitrogen functional groups attached to an aromatic ring is 1. The van der Waals surface area contributed by atoms with Gasteiger partial charge in [-0.1, -0.05) is 6.07 Å². The number of benzene rings is 1. The van der Waals surface area contributed by atoms with Crippen LogP contribution in [0.3, 0.4) is 0 Å². The third-order valence-corrected chi connectivity index (χ3v) is 2.99. The van der Waals surface area contributed by atoms with Gasteiger partial charge < -0.3 is 20.2 Å². The van der Waals surface area contributed by atoms with E-state index in [4.69, 9.17) is 14.9 Å². The summed E-state index contributed by atoms with van der Waals surface area (Å²) in [6, 6.07) is 9.71. The fourth-order valence-electron chi connectivity index (χ4n) is 2.02. The maximum Gasteiger partial charge on any atom is 0.144 e. The quantitative estimate of drug-likeness (QED) is 0.805. The highest BCUT2D eigenvalue weighted by Gasteiger charge is 2.13. The molecule has 3 N–H and O–H groups in total. The van der Waals surface area contributed by atoms with Gasteiger partial charge in [-0.15, -0.1) is 0 Å². The van der Waals surface area contributed by atoms with E-state index in [0.717, 1.165) is 17.2 Å². The molecule has 0 aliphatic carbocycles. The zero-order valence-electron chi connectivity index (χ0n) is 12.4. The van der Waals surface area contributed by atoms with Crippen molar-refractivity contribution < 1.29 is 9.15 Å². The minimum absolute atomic E-state index is 0.0419. The van der Waals surface area contributed by atoms with E-state index in [9.17, 15) is 0 Å². The van der Waals surface area contributed by atoms with Crippen molar-refractivity contribution in [1.82, 2.24) is 0 Å². The van der Waals surface area contributed by atoms with Crippen LogP contribution >= 0.6 is 0 Å². The van der Waals surface area contributed by atoms with Gasteiger partial charge in [-0.2, -0.15) is 0 Å². The van der Waals surface area contributed by atoms with Crippen LogP contribution in [0.2, 0.25) is 0 Å². The van der Waals surface area contributed by atoms with E-state index >= 15 is 0 Å². The standard InChI is InChI=1S/C16H22N2O2/c1-10(2)19-15-7-5-6-13(16(15)17)18-12(4)14-9-8-11(3)20-14/h5-10,12,18H,17H2,1-4H3. The Morgan fingerprint density at radius 1 is 1.15 bits per heavy atom. The molecule has 1 atom stereocenters. The second-order valence-corrected chi connectivity index (χ2v) is 5.20. The van der Waals surface area contributed by atoms with Crippen LogP contribution in [-0.2, 0) is 0 Å². The van der Waals surface area contributed by atoms with Crippen LogP contribution in [0, 0.1) is 6.92 Å². The third-order valence-electron chi connectivity index (χ3n) is 2.99. The molecule has 0 aliphatic heterocycles. The molecule has 0 fully saturated rings. The van der Waals surface area contributed by atoms with Gasteiger partial charge >= 0.3 is 0 Å². The molecule has 4 nitrogen and oxygen atoms in total. The van der Waals surface area contributed by atoms with Crippen molar-refractivity contribution in [2.75, 3.05) is 11.1 Å². The summed E-state index contributed by atoms with van der Waals surface area (Å²) in [4.78, 5) is 0. The Bertz CT molecular complexity index is 576. The Morgan fingerprint density at radius 3 is 2.50 bits per heavy atom. The van der Waals surface area contributed by atoms with Gasteiger partial charge in [-0.25, -0.2) is 0 Å². The first-order valence-electron chi connectivity index (χ1n) is 6.85. The fraction of sp³-hybridized carbons (Fsp3) is 0.375. The summed E-state index contributed by atoms with van der Waals surface area (Å²) < 4.78 is 11.3. The molecule has 0 bridgehead atoms. The van der Waals surface area contributed by atoms with Crippen LogP contribution in [0.4, 0.5) is 11.4 Å². The van der Waals surface area contributed by atoms with Gasteiger partial charge in [0.1, 0.15) is 17.3 Å². The number of nitrogens with one attached hydrogen (secondary N) is 1. The average Bonchev–Trinajstić information content (AvgIpc) is 2.80. The van der Waals surface area contributed by atoms with E-state index in [-0.39, 0.29) is 12.1 Å². The summed E-state index contributed by atoms with van der Waals surface area (Å²) in [6.07, 6.45) is 0.0951. The lowest BCUT2D eigenvalue weighted by Gasteiger charge is -2.18. The van der Waals surface area contributed by atoms with Crippen molar-refractivity contribution in [3.8, 4) is 5.75 Å². The second-order valence-electron chi connectivity index (χ2n) is 5.20. The molecule has 2 aromatic rings. The average molecular weight is 274 g/mol. The topological polar surface area (TPSA) is 60.4 Å². The van der Waals surface area contributed by atoms with Crippen LogP contribution in [-0.4, -0.2) is 6.10 Å². The van der Waals surface area contributed by atoms with Gasteiger partial charge in [0.15, 0.2) is 0 Å². The molecule has 0 saturated carbocycles. The van der Waals surface area contributed by atoms with Crippen molar-refractivity contribution in [3.63, 3.8) is 0 Å². The van der Waals surface area contributed by atoms with Crippen LogP contribution in [0.15, 0.2) is 34.7 Å². The summed E-state index contributed by atoms with van der Waals surface area (Å²) in [5.41, 5.74) is 7.62. The largest absolute Gasteiger partial charge is 0.489 e. The predicted molar refractivity (Wildman–Crippen MR) is 82.1 cm³/mol. The van der Waals surface area contributed by atoms with E-state index < -0.39 is 0 Å². The first-order valence-corrected chi connectivity index (χ1v) is 6.85. The molecule has 0 amide bonds. The Labute approximate surface area is 119 Å². The molecule has 20 heavy (non-hydrogen) atoms. The minimum Gasteiger partial charge on any atom is -0.489 e. The van der Waals surface area contributed by atoms with Crippen LogP contribution in [0.1, 0.15) is 38.3 Å². The van der Waals surface area contributed by atoms with Crippen molar-refractivity contribution in [3.05, 3.63) is 41.9 Å². The summed E-state index contributed by atoms with van der Waals surface area (Å²) in [5, 5.41) is 3.35. The summed E-state index contributed by atoms with van der Waals surface area (Å²) in [5.74, 6) is 2.49. The van der Waals surface area contributed by atoms with Crippen molar-refractivity contribution in [2.24, 2.45) is 0 Å². The van der Waals surface area contributed by atoms with E-state index in [2.05, 4.69) is 5.32 Å². The number of aryl methyl sites for hydroxylation is 1. The summed E-state index contributed by atoms with van der Waals surface area (Å²) in [6.45, 7) is 7.93. The molecule has 4 heteroatoms. The summed E-state index contributed by atoms with van der Waals surface area (Å²) in [7, 11) is 0. The second kappa shape index (κ2) is 5.90.